The van der Waals surface area contributed by atoms with E-state index in [2.05, 4.69) is 15.8 Å². The first-order valence-electron chi connectivity index (χ1n) is 6.86. The van der Waals surface area contributed by atoms with Crippen molar-refractivity contribution in [2.75, 3.05) is 18.4 Å². The molecule has 2 N–H and O–H groups in total. The first kappa shape index (κ1) is 12.9. The number of carbonyl (C=O) groups is 1. The van der Waals surface area contributed by atoms with Crippen LogP contribution >= 0.6 is 0 Å². The van der Waals surface area contributed by atoms with Crippen LogP contribution in [0, 0.1) is 0 Å². The van der Waals surface area contributed by atoms with Crippen LogP contribution in [0.15, 0.2) is 41.1 Å². The standard InChI is InChI=1S/C15H17N3O2/c19-15(17-12-6-2-1-3-7-12)13-10-20-18-14(13)11-5-4-8-16-9-11/h1-3,6-7,10-11,16H,4-5,8-9H2,(H,17,19)/t11-/m0/s1. The normalized spacial score (nSPS) is 18.7. The van der Waals surface area contributed by atoms with E-state index in [1.54, 1.807) is 0 Å². The lowest BCUT2D eigenvalue weighted by molar-refractivity contribution is 0.102. The number of aromatic nitrogens is 1. The van der Waals surface area contributed by atoms with E-state index in [1.165, 1.54) is 6.26 Å². The highest BCUT2D eigenvalue weighted by Gasteiger charge is 2.25. The molecule has 1 aliphatic rings. The summed E-state index contributed by atoms with van der Waals surface area (Å²) in [7, 11) is 0. The maximum absolute atomic E-state index is 12.3. The maximum Gasteiger partial charge on any atom is 0.260 e. The lowest BCUT2D eigenvalue weighted by atomic mass is 9.93. The van der Waals surface area contributed by atoms with Gasteiger partial charge in [0, 0.05) is 18.2 Å². The molecule has 1 aliphatic heterocycles. The Morgan fingerprint density at radius 3 is 2.95 bits per heavy atom. The number of nitrogens with zero attached hydrogens (tertiary/aromatic N) is 1. The van der Waals surface area contributed by atoms with E-state index in [1.807, 2.05) is 30.3 Å². The lowest BCUT2D eigenvalue weighted by Gasteiger charge is -2.21. The first-order chi connectivity index (χ1) is 9.84. The van der Waals surface area contributed by atoms with Crippen LogP contribution in [-0.2, 0) is 0 Å². The third kappa shape index (κ3) is 2.72. The first-order valence-corrected chi connectivity index (χ1v) is 6.86. The summed E-state index contributed by atoms with van der Waals surface area (Å²) in [5.74, 6) is 0.0806. The highest BCUT2D eigenvalue weighted by atomic mass is 16.5. The Hall–Kier alpha value is -2.14. The van der Waals surface area contributed by atoms with Crippen LogP contribution in [0.3, 0.4) is 0 Å². The highest BCUT2D eigenvalue weighted by Crippen LogP contribution is 2.25. The molecular formula is C15H17N3O2. The number of nitrogens with one attached hydrogen (secondary N) is 2. The summed E-state index contributed by atoms with van der Waals surface area (Å²) < 4.78 is 5.02. The largest absolute Gasteiger partial charge is 0.364 e. The molecule has 1 atom stereocenters. The van der Waals surface area contributed by atoms with Crippen LogP contribution in [0.5, 0.6) is 0 Å². The third-order valence-electron chi connectivity index (χ3n) is 3.56. The fourth-order valence-electron chi connectivity index (χ4n) is 2.51. The molecule has 0 aliphatic carbocycles. The average Bonchev–Trinajstić information content (AvgIpc) is 2.99. The van der Waals surface area contributed by atoms with E-state index in [0.29, 0.717) is 5.56 Å². The Balaban J connectivity index is 1.77. The smallest absolute Gasteiger partial charge is 0.260 e. The van der Waals surface area contributed by atoms with Crippen LogP contribution in [0.2, 0.25) is 0 Å². The summed E-state index contributed by atoms with van der Waals surface area (Å²) >= 11 is 0. The number of piperidine rings is 1. The predicted octanol–water partition coefficient (Wildman–Crippen LogP) is 2.39. The monoisotopic (exact) mass is 271 g/mol. The van der Waals surface area contributed by atoms with Crippen molar-refractivity contribution in [1.29, 1.82) is 0 Å². The van der Waals surface area contributed by atoms with Crippen molar-refractivity contribution in [2.24, 2.45) is 0 Å². The lowest BCUT2D eigenvalue weighted by Crippen LogP contribution is -2.29. The van der Waals surface area contributed by atoms with Crippen LogP contribution in [0.25, 0.3) is 0 Å². The molecule has 104 valence electrons. The van der Waals surface area contributed by atoms with Gasteiger partial charge in [-0.15, -0.1) is 0 Å². The summed E-state index contributed by atoms with van der Waals surface area (Å²) in [4.78, 5) is 12.3. The summed E-state index contributed by atoms with van der Waals surface area (Å²) in [6, 6.07) is 9.39. The Kier molecular flexibility index (Phi) is 3.78. The molecule has 0 spiro atoms. The molecule has 0 unspecified atom stereocenters. The van der Waals surface area contributed by atoms with Crippen molar-refractivity contribution in [3.05, 3.63) is 47.9 Å². The minimum atomic E-state index is -0.168. The highest BCUT2D eigenvalue weighted by molar-refractivity contribution is 6.04. The summed E-state index contributed by atoms with van der Waals surface area (Å²) in [6.45, 7) is 1.87. The number of rotatable bonds is 3. The van der Waals surface area contributed by atoms with Crippen LogP contribution in [0.1, 0.15) is 34.8 Å². The van der Waals surface area contributed by atoms with Crippen LogP contribution < -0.4 is 10.6 Å². The zero-order valence-electron chi connectivity index (χ0n) is 11.1. The molecule has 0 bridgehead atoms. The molecule has 20 heavy (non-hydrogen) atoms. The number of hydrogen-bond acceptors (Lipinski definition) is 4. The number of carbonyl (C=O) groups excluding carboxylic acids is 1. The van der Waals surface area contributed by atoms with Crippen molar-refractivity contribution in [1.82, 2.24) is 10.5 Å². The number of hydrogen-bond donors (Lipinski definition) is 2. The van der Waals surface area contributed by atoms with E-state index >= 15 is 0 Å². The van der Waals surface area contributed by atoms with Crippen molar-refractivity contribution in [3.8, 4) is 0 Å². The minimum absolute atomic E-state index is 0.168. The average molecular weight is 271 g/mol. The van der Waals surface area contributed by atoms with E-state index in [9.17, 15) is 4.79 Å². The third-order valence-corrected chi connectivity index (χ3v) is 3.56. The Morgan fingerprint density at radius 2 is 2.20 bits per heavy atom. The Bertz CT molecular complexity index is 574. The Labute approximate surface area is 117 Å². The molecule has 1 saturated heterocycles. The van der Waals surface area contributed by atoms with Crippen molar-refractivity contribution >= 4 is 11.6 Å². The van der Waals surface area contributed by atoms with E-state index in [4.69, 9.17) is 4.52 Å². The van der Waals surface area contributed by atoms with E-state index in [0.717, 1.165) is 37.3 Å². The zero-order valence-corrected chi connectivity index (χ0v) is 11.1. The molecule has 3 rings (SSSR count). The SMILES string of the molecule is O=C(Nc1ccccc1)c1conc1[C@H]1CCCNC1. The zero-order chi connectivity index (χ0) is 13.8. The minimum Gasteiger partial charge on any atom is -0.364 e. The molecule has 0 saturated carbocycles. The van der Waals surface area contributed by atoms with Gasteiger partial charge in [0.05, 0.1) is 0 Å². The number of amides is 1. The maximum atomic E-state index is 12.3. The molecule has 1 aromatic heterocycles. The van der Waals surface area contributed by atoms with Crippen molar-refractivity contribution in [2.45, 2.75) is 18.8 Å². The molecule has 5 heteroatoms. The Morgan fingerprint density at radius 1 is 1.35 bits per heavy atom. The molecule has 2 aromatic rings. The molecule has 1 aromatic carbocycles. The van der Waals surface area contributed by atoms with Gasteiger partial charge in [0.15, 0.2) is 0 Å². The van der Waals surface area contributed by atoms with Gasteiger partial charge >= 0.3 is 0 Å². The van der Waals surface area contributed by atoms with Gasteiger partial charge in [-0.25, -0.2) is 0 Å². The van der Waals surface area contributed by atoms with Crippen molar-refractivity contribution in [3.63, 3.8) is 0 Å². The van der Waals surface area contributed by atoms with E-state index < -0.39 is 0 Å². The van der Waals surface area contributed by atoms with Gasteiger partial charge in [0.25, 0.3) is 5.91 Å². The van der Waals surface area contributed by atoms with Gasteiger partial charge in [-0.3, -0.25) is 4.79 Å². The fourth-order valence-corrected chi connectivity index (χ4v) is 2.51. The summed E-state index contributed by atoms with van der Waals surface area (Å²) in [6.07, 6.45) is 3.56. The second-order valence-electron chi connectivity index (χ2n) is 4.98. The second-order valence-corrected chi connectivity index (χ2v) is 4.98. The van der Waals surface area contributed by atoms with Gasteiger partial charge in [-0.05, 0) is 31.5 Å². The molecule has 5 nitrogen and oxygen atoms in total. The molecule has 2 heterocycles. The van der Waals surface area contributed by atoms with Crippen LogP contribution in [-0.4, -0.2) is 24.2 Å². The predicted molar refractivity (Wildman–Crippen MR) is 75.7 cm³/mol. The molecular weight excluding hydrogens is 254 g/mol. The second kappa shape index (κ2) is 5.88. The van der Waals surface area contributed by atoms with Gasteiger partial charge in [0.2, 0.25) is 0 Å². The number of para-hydroxylation sites is 1. The fraction of sp³-hybridized carbons (Fsp3) is 0.333. The van der Waals surface area contributed by atoms with Gasteiger partial charge in [0.1, 0.15) is 17.5 Å². The molecule has 1 fully saturated rings. The van der Waals surface area contributed by atoms with Crippen molar-refractivity contribution < 1.29 is 9.32 Å². The van der Waals surface area contributed by atoms with Crippen LogP contribution in [0.4, 0.5) is 5.69 Å². The topological polar surface area (TPSA) is 67.2 Å². The quantitative estimate of drug-likeness (QED) is 0.899. The van der Waals surface area contributed by atoms with Gasteiger partial charge in [-0.1, -0.05) is 23.4 Å². The number of benzene rings is 1. The van der Waals surface area contributed by atoms with Gasteiger partial charge < -0.3 is 15.2 Å². The molecule has 1 amide bonds. The number of anilines is 1. The summed E-state index contributed by atoms with van der Waals surface area (Å²) in [5, 5.41) is 10.2. The van der Waals surface area contributed by atoms with Gasteiger partial charge in [-0.2, -0.15) is 0 Å². The summed E-state index contributed by atoms with van der Waals surface area (Å²) in [5.41, 5.74) is 2.06. The molecule has 0 radical (unpaired) electrons. The van der Waals surface area contributed by atoms with E-state index in [-0.39, 0.29) is 11.8 Å².